The van der Waals surface area contributed by atoms with Crippen LogP contribution in [-0.2, 0) is 19.4 Å². The van der Waals surface area contributed by atoms with Crippen molar-refractivity contribution in [3.63, 3.8) is 0 Å². The lowest BCUT2D eigenvalue weighted by molar-refractivity contribution is 0.0684. The summed E-state index contributed by atoms with van der Waals surface area (Å²) in [5.74, 6) is -0.449. The van der Waals surface area contributed by atoms with Crippen molar-refractivity contribution in [2.24, 2.45) is 5.92 Å². The molecule has 0 amide bonds. The largest absolute Gasteiger partial charge is 0.477 e. The van der Waals surface area contributed by atoms with E-state index in [4.69, 9.17) is 0 Å². The molecule has 1 unspecified atom stereocenters. The van der Waals surface area contributed by atoms with Crippen LogP contribution in [0.3, 0.4) is 0 Å². The van der Waals surface area contributed by atoms with Gasteiger partial charge in [-0.15, -0.1) is 17.9 Å². The highest BCUT2D eigenvalue weighted by atomic mass is 32.1. The molecular weight excluding hydrogens is 286 g/mol. The van der Waals surface area contributed by atoms with Crippen LogP contribution in [0.2, 0.25) is 0 Å². The van der Waals surface area contributed by atoms with E-state index in [0.29, 0.717) is 11.3 Å². The highest BCUT2D eigenvalue weighted by Gasteiger charge is 2.24. The Balaban J connectivity index is 2.34. The lowest BCUT2D eigenvalue weighted by atomic mass is 9.89. The molecule has 0 bridgehead atoms. The van der Waals surface area contributed by atoms with Crippen molar-refractivity contribution in [2.75, 3.05) is 0 Å². The molecule has 0 aromatic carbocycles. The number of pyridine rings is 1. The summed E-state index contributed by atoms with van der Waals surface area (Å²) in [7, 11) is 0. The maximum Gasteiger partial charge on any atom is 0.352 e. The van der Waals surface area contributed by atoms with Crippen molar-refractivity contribution in [1.82, 2.24) is 4.57 Å². The molecule has 1 aliphatic rings. The summed E-state index contributed by atoms with van der Waals surface area (Å²) in [5, 5.41) is 10.0. The molecule has 0 fully saturated rings. The van der Waals surface area contributed by atoms with Gasteiger partial charge in [-0.2, -0.15) is 0 Å². The van der Waals surface area contributed by atoms with E-state index in [9.17, 15) is 14.7 Å². The molecule has 5 heteroatoms. The number of carboxylic acids is 1. The van der Waals surface area contributed by atoms with Crippen molar-refractivity contribution in [3.8, 4) is 0 Å². The molecule has 2 aromatic heterocycles. The molecule has 0 saturated carbocycles. The molecule has 110 valence electrons. The van der Waals surface area contributed by atoms with Crippen LogP contribution in [0.15, 0.2) is 23.5 Å². The summed E-state index contributed by atoms with van der Waals surface area (Å²) >= 11 is 1.57. The van der Waals surface area contributed by atoms with E-state index in [0.717, 1.165) is 29.5 Å². The van der Waals surface area contributed by atoms with Crippen molar-refractivity contribution < 1.29 is 9.90 Å². The second-order valence-electron chi connectivity index (χ2n) is 5.63. The van der Waals surface area contributed by atoms with Crippen LogP contribution in [0, 0.1) is 5.92 Å². The molecule has 0 aliphatic heterocycles. The fourth-order valence-electron chi connectivity index (χ4n) is 3.04. The van der Waals surface area contributed by atoms with Gasteiger partial charge in [-0.25, -0.2) is 4.79 Å². The monoisotopic (exact) mass is 303 g/mol. The standard InChI is InChI=1S/C16H17NO3S/c1-3-6-17-11(16(19)20)8-13-14(15(17)18)10-5-4-9(2)7-12(10)21-13/h3,8-9H,1,4-7H2,2H3,(H,19,20). The van der Waals surface area contributed by atoms with Crippen molar-refractivity contribution in [2.45, 2.75) is 32.7 Å². The number of fused-ring (bicyclic) bond motifs is 3. The van der Waals surface area contributed by atoms with Gasteiger partial charge in [-0.05, 0) is 36.8 Å². The van der Waals surface area contributed by atoms with E-state index in [1.165, 1.54) is 9.44 Å². The first kappa shape index (κ1) is 14.1. The van der Waals surface area contributed by atoms with Crippen molar-refractivity contribution >= 4 is 27.4 Å². The van der Waals surface area contributed by atoms with E-state index in [2.05, 4.69) is 13.5 Å². The highest BCUT2D eigenvalue weighted by Crippen LogP contribution is 2.36. The number of hydrogen-bond donors (Lipinski definition) is 1. The number of aromatic nitrogens is 1. The van der Waals surface area contributed by atoms with Gasteiger partial charge >= 0.3 is 5.97 Å². The Morgan fingerprint density at radius 3 is 3.05 bits per heavy atom. The number of thiophene rings is 1. The number of carboxylic acid groups (broad SMARTS) is 1. The molecule has 4 nitrogen and oxygen atoms in total. The Bertz CT molecular complexity index is 800. The zero-order valence-electron chi connectivity index (χ0n) is 11.9. The summed E-state index contributed by atoms with van der Waals surface area (Å²) in [5.41, 5.74) is 0.976. The second-order valence-corrected chi connectivity index (χ2v) is 6.77. The Morgan fingerprint density at radius 1 is 1.62 bits per heavy atom. The Kier molecular flexibility index (Phi) is 3.45. The molecule has 0 saturated heterocycles. The minimum absolute atomic E-state index is 0.0408. The summed E-state index contributed by atoms with van der Waals surface area (Å²) < 4.78 is 2.11. The Labute approximate surface area is 126 Å². The third kappa shape index (κ3) is 2.21. The maximum atomic E-state index is 12.7. The minimum atomic E-state index is -1.07. The zero-order chi connectivity index (χ0) is 15.1. The molecule has 1 aliphatic carbocycles. The molecule has 2 heterocycles. The van der Waals surface area contributed by atoms with Crippen LogP contribution in [-0.4, -0.2) is 15.6 Å². The smallest absolute Gasteiger partial charge is 0.352 e. The molecule has 1 atom stereocenters. The average Bonchev–Trinajstić information content (AvgIpc) is 2.79. The van der Waals surface area contributed by atoms with Crippen LogP contribution >= 0.6 is 11.3 Å². The predicted molar refractivity (Wildman–Crippen MR) is 84.4 cm³/mol. The highest BCUT2D eigenvalue weighted by molar-refractivity contribution is 7.19. The number of nitrogens with zero attached hydrogens (tertiary/aromatic N) is 1. The second kappa shape index (κ2) is 5.15. The first-order valence-electron chi connectivity index (χ1n) is 7.05. The van der Waals surface area contributed by atoms with E-state index in [1.807, 2.05) is 0 Å². The summed E-state index contributed by atoms with van der Waals surface area (Å²) in [6, 6.07) is 1.64. The van der Waals surface area contributed by atoms with Crippen LogP contribution in [0.1, 0.15) is 34.3 Å². The third-order valence-electron chi connectivity index (χ3n) is 4.09. The molecule has 1 N–H and O–H groups in total. The topological polar surface area (TPSA) is 59.3 Å². The average molecular weight is 303 g/mol. The third-order valence-corrected chi connectivity index (χ3v) is 5.29. The fourth-order valence-corrected chi connectivity index (χ4v) is 4.49. The number of aromatic carboxylic acids is 1. The van der Waals surface area contributed by atoms with Gasteiger partial charge in [-0.1, -0.05) is 13.0 Å². The number of rotatable bonds is 3. The SMILES string of the molecule is C=CCn1c(C(=O)O)cc2sc3c(c2c1=O)CCC(C)C3. The maximum absolute atomic E-state index is 12.7. The summed E-state index contributed by atoms with van der Waals surface area (Å²) in [6.45, 7) is 6.05. The normalized spacial score (nSPS) is 17.7. The van der Waals surface area contributed by atoms with Gasteiger partial charge in [0, 0.05) is 16.1 Å². The van der Waals surface area contributed by atoms with Gasteiger partial charge in [0.25, 0.3) is 5.56 Å². The molecule has 0 spiro atoms. The quantitative estimate of drug-likeness (QED) is 0.887. The van der Waals surface area contributed by atoms with Crippen molar-refractivity contribution in [1.29, 1.82) is 0 Å². The fraction of sp³-hybridized carbons (Fsp3) is 0.375. The minimum Gasteiger partial charge on any atom is -0.477 e. The Hall–Kier alpha value is -1.88. The molecular formula is C16H17NO3S. The molecule has 3 rings (SSSR count). The first-order chi connectivity index (χ1) is 10.0. The zero-order valence-corrected chi connectivity index (χ0v) is 12.7. The lowest BCUT2D eigenvalue weighted by Crippen LogP contribution is -2.26. The predicted octanol–water partition coefficient (Wildman–Crippen LogP) is 3.07. The van der Waals surface area contributed by atoms with Crippen LogP contribution in [0.25, 0.3) is 10.1 Å². The van der Waals surface area contributed by atoms with Gasteiger partial charge in [-0.3, -0.25) is 9.36 Å². The van der Waals surface area contributed by atoms with Crippen LogP contribution in [0.4, 0.5) is 0 Å². The number of aryl methyl sites for hydroxylation is 1. The number of carbonyl (C=O) groups is 1. The molecule has 2 aromatic rings. The van der Waals surface area contributed by atoms with E-state index < -0.39 is 5.97 Å². The van der Waals surface area contributed by atoms with Crippen LogP contribution < -0.4 is 5.56 Å². The van der Waals surface area contributed by atoms with Gasteiger partial charge in [0.05, 0.1) is 5.39 Å². The Morgan fingerprint density at radius 2 is 2.38 bits per heavy atom. The molecule has 21 heavy (non-hydrogen) atoms. The van der Waals surface area contributed by atoms with Gasteiger partial charge < -0.3 is 5.11 Å². The lowest BCUT2D eigenvalue weighted by Gasteiger charge is -2.17. The first-order valence-corrected chi connectivity index (χ1v) is 7.86. The van der Waals surface area contributed by atoms with E-state index in [1.54, 1.807) is 23.5 Å². The van der Waals surface area contributed by atoms with Gasteiger partial charge in [0.1, 0.15) is 5.69 Å². The van der Waals surface area contributed by atoms with Crippen LogP contribution in [0.5, 0.6) is 0 Å². The van der Waals surface area contributed by atoms with E-state index >= 15 is 0 Å². The summed E-state index contributed by atoms with van der Waals surface area (Å²) in [4.78, 5) is 25.4. The number of hydrogen-bond acceptors (Lipinski definition) is 3. The van der Waals surface area contributed by atoms with Gasteiger partial charge in [0.2, 0.25) is 0 Å². The summed E-state index contributed by atoms with van der Waals surface area (Å²) in [6.07, 6.45) is 4.53. The molecule has 0 radical (unpaired) electrons. The van der Waals surface area contributed by atoms with Crippen molar-refractivity contribution in [3.05, 3.63) is 45.2 Å². The number of allylic oxidation sites excluding steroid dienone is 1. The van der Waals surface area contributed by atoms with Gasteiger partial charge in [0.15, 0.2) is 0 Å². The van der Waals surface area contributed by atoms with E-state index in [-0.39, 0.29) is 17.8 Å².